The molecule has 0 saturated heterocycles. The average Bonchev–Trinajstić information content (AvgIpc) is 2.66. The molecule has 1 heteroatoms. The molecule has 0 aliphatic heterocycles. The molecule has 0 bridgehead atoms. The van der Waals surface area contributed by atoms with Gasteiger partial charge >= 0.3 is 0 Å². The molecule has 1 nitrogen and oxygen atoms in total. The van der Waals surface area contributed by atoms with Crippen molar-refractivity contribution in [3.63, 3.8) is 0 Å². The molecular formula is C28H35N. The fraction of sp³-hybridized carbons (Fsp3) is 0.357. The normalized spacial score (nSPS) is 12.3. The minimum atomic E-state index is 0.0479. The minimum absolute atomic E-state index is 0.0479. The van der Waals surface area contributed by atoms with Crippen LogP contribution in [0.15, 0.2) is 72.8 Å². The number of nitrogens with one attached hydrogen (secondary N) is 1. The van der Waals surface area contributed by atoms with Crippen LogP contribution in [0.4, 0.5) is 5.69 Å². The van der Waals surface area contributed by atoms with E-state index in [0.717, 1.165) is 0 Å². The second-order valence-electron chi connectivity index (χ2n) is 10.1. The van der Waals surface area contributed by atoms with Gasteiger partial charge in [0.1, 0.15) is 0 Å². The molecule has 29 heavy (non-hydrogen) atoms. The first-order valence-corrected chi connectivity index (χ1v) is 10.6. The van der Waals surface area contributed by atoms with Crippen molar-refractivity contribution in [2.45, 2.75) is 65.3 Å². The van der Waals surface area contributed by atoms with E-state index in [-0.39, 0.29) is 16.9 Å². The average molecular weight is 386 g/mol. The van der Waals surface area contributed by atoms with Crippen LogP contribution in [0, 0.1) is 6.92 Å². The van der Waals surface area contributed by atoms with Crippen LogP contribution in [0.5, 0.6) is 0 Å². The van der Waals surface area contributed by atoms with Gasteiger partial charge in [-0.25, -0.2) is 0 Å². The number of anilines is 1. The number of hydrogen-bond acceptors (Lipinski definition) is 1. The van der Waals surface area contributed by atoms with Crippen molar-refractivity contribution < 1.29 is 0 Å². The molecule has 0 atom stereocenters. The third kappa shape index (κ3) is 4.90. The van der Waals surface area contributed by atoms with Crippen LogP contribution in [0.2, 0.25) is 0 Å². The summed E-state index contributed by atoms with van der Waals surface area (Å²) in [4.78, 5) is 0. The zero-order chi connectivity index (χ0) is 21.2. The predicted octanol–water partition coefficient (Wildman–Crippen LogP) is 7.79. The monoisotopic (exact) mass is 385 g/mol. The summed E-state index contributed by atoms with van der Waals surface area (Å²) < 4.78 is 0. The van der Waals surface area contributed by atoms with Gasteiger partial charge in [0.05, 0.1) is 6.04 Å². The number of rotatable bonds is 4. The lowest BCUT2D eigenvalue weighted by Crippen LogP contribution is -2.24. The molecule has 0 spiro atoms. The summed E-state index contributed by atoms with van der Waals surface area (Å²) >= 11 is 0. The summed E-state index contributed by atoms with van der Waals surface area (Å²) in [5, 5.41) is 3.99. The lowest BCUT2D eigenvalue weighted by atomic mass is 9.77. The van der Waals surface area contributed by atoms with Crippen LogP contribution in [0.1, 0.15) is 75.4 Å². The van der Waals surface area contributed by atoms with E-state index in [0.29, 0.717) is 0 Å². The molecule has 3 rings (SSSR count). The van der Waals surface area contributed by atoms with Crippen molar-refractivity contribution in [3.8, 4) is 0 Å². The molecule has 0 aliphatic carbocycles. The Labute approximate surface area is 177 Å². The van der Waals surface area contributed by atoms with Gasteiger partial charge in [-0.15, -0.1) is 0 Å². The molecule has 1 N–H and O–H groups in total. The van der Waals surface area contributed by atoms with Gasteiger partial charge in [-0.1, -0.05) is 120 Å². The lowest BCUT2D eigenvalue weighted by molar-refractivity contribution is 0.569. The molecule has 0 unspecified atom stereocenters. The molecule has 0 radical (unpaired) electrons. The molecule has 0 aromatic heterocycles. The Kier molecular flexibility index (Phi) is 5.89. The van der Waals surface area contributed by atoms with Crippen molar-refractivity contribution in [1.82, 2.24) is 0 Å². The maximum atomic E-state index is 3.99. The highest BCUT2D eigenvalue weighted by molar-refractivity contribution is 5.65. The summed E-state index contributed by atoms with van der Waals surface area (Å²) in [7, 11) is 0. The summed E-state index contributed by atoms with van der Waals surface area (Å²) in [5.41, 5.74) is 7.99. The zero-order valence-electron chi connectivity index (χ0n) is 19.0. The van der Waals surface area contributed by atoms with Gasteiger partial charge in [-0.2, -0.15) is 0 Å². The summed E-state index contributed by atoms with van der Waals surface area (Å²) in [6.45, 7) is 16.0. The Hall–Kier alpha value is -2.54. The van der Waals surface area contributed by atoms with E-state index in [9.17, 15) is 0 Å². The molecule has 0 aliphatic rings. The highest BCUT2D eigenvalue weighted by Gasteiger charge is 2.28. The maximum absolute atomic E-state index is 3.99. The molecule has 0 amide bonds. The van der Waals surface area contributed by atoms with Crippen LogP contribution >= 0.6 is 0 Å². The number of hydrogen-bond donors (Lipinski definition) is 1. The number of aryl methyl sites for hydroxylation is 1. The van der Waals surface area contributed by atoms with Crippen molar-refractivity contribution in [1.29, 1.82) is 0 Å². The molecule has 3 aromatic carbocycles. The van der Waals surface area contributed by atoms with E-state index < -0.39 is 0 Å². The van der Waals surface area contributed by atoms with Gasteiger partial charge in [0.2, 0.25) is 0 Å². The van der Waals surface area contributed by atoms with E-state index in [2.05, 4.69) is 127 Å². The molecule has 0 heterocycles. The van der Waals surface area contributed by atoms with Gasteiger partial charge in [0, 0.05) is 5.69 Å². The van der Waals surface area contributed by atoms with E-state index in [1.165, 1.54) is 33.5 Å². The van der Waals surface area contributed by atoms with Crippen molar-refractivity contribution in [2.75, 3.05) is 5.32 Å². The Morgan fingerprint density at radius 3 is 1.34 bits per heavy atom. The maximum Gasteiger partial charge on any atom is 0.0767 e. The summed E-state index contributed by atoms with van der Waals surface area (Å²) in [6, 6.07) is 26.3. The van der Waals surface area contributed by atoms with Crippen LogP contribution in [0.3, 0.4) is 0 Å². The Morgan fingerprint density at radius 2 is 1.00 bits per heavy atom. The summed E-state index contributed by atoms with van der Waals surface area (Å²) in [5.74, 6) is 0. The molecule has 152 valence electrons. The smallest absolute Gasteiger partial charge is 0.0767 e. The standard InChI is InChI=1S/C28H35N/c1-20-18-23(27(2,3)4)26(24(19-20)28(5,6)7)29-25(21-14-10-8-11-15-21)22-16-12-9-13-17-22/h8-19,25,29H,1-7H3. The molecular weight excluding hydrogens is 350 g/mol. The Bertz CT molecular complexity index is 867. The Morgan fingerprint density at radius 1 is 0.621 bits per heavy atom. The fourth-order valence-electron chi connectivity index (χ4n) is 3.92. The third-order valence-corrected chi connectivity index (χ3v) is 5.45. The van der Waals surface area contributed by atoms with Crippen LogP contribution in [-0.4, -0.2) is 0 Å². The van der Waals surface area contributed by atoms with Gasteiger partial charge in [-0.05, 0) is 40.0 Å². The zero-order valence-corrected chi connectivity index (χ0v) is 19.0. The fourth-order valence-corrected chi connectivity index (χ4v) is 3.92. The molecule has 0 saturated carbocycles. The van der Waals surface area contributed by atoms with E-state index in [1.54, 1.807) is 0 Å². The summed E-state index contributed by atoms with van der Waals surface area (Å²) in [6.07, 6.45) is 0. The van der Waals surface area contributed by atoms with Crippen LogP contribution < -0.4 is 5.32 Å². The van der Waals surface area contributed by atoms with Gasteiger partial charge < -0.3 is 5.32 Å². The highest BCUT2D eigenvalue weighted by Crippen LogP contribution is 2.41. The first kappa shape index (κ1) is 21.2. The van der Waals surface area contributed by atoms with Crippen LogP contribution in [0.25, 0.3) is 0 Å². The largest absolute Gasteiger partial charge is 0.374 e. The second kappa shape index (κ2) is 8.06. The lowest BCUT2D eigenvalue weighted by Gasteiger charge is -2.34. The third-order valence-electron chi connectivity index (χ3n) is 5.45. The van der Waals surface area contributed by atoms with E-state index >= 15 is 0 Å². The topological polar surface area (TPSA) is 12.0 Å². The van der Waals surface area contributed by atoms with Crippen molar-refractivity contribution in [3.05, 3.63) is 101 Å². The SMILES string of the molecule is Cc1cc(C(C)(C)C)c(NC(c2ccccc2)c2ccccc2)c(C(C)(C)C)c1. The van der Waals surface area contributed by atoms with Crippen molar-refractivity contribution >= 4 is 5.69 Å². The van der Waals surface area contributed by atoms with E-state index in [4.69, 9.17) is 0 Å². The van der Waals surface area contributed by atoms with Crippen LogP contribution in [-0.2, 0) is 10.8 Å². The Balaban J connectivity index is 2.22. The second-order valence-corrected chi connectivity index (χ2v) is 10.1. The first-order chi connectivity index (χ1) is 13.6. The van der Waals surface area contributed by atoms with Crippen molar-refractivity contribution in [2.24, 2.45) is 0 Å². The number of benzene rings is 3. The first-order valence-electron chi connectivity index (χ1n) is 10.6. The van der Waals surface area contributed by atoms with Gasteiger partial charge in [0.25, 0.3) is 0 Å². The molecule has 3 aromatic rings. The molecule has 0 fully saturated rings. The quantitative estimate of drug-likeness (QED) is 0.483. The van der Waals surface area contributed by atoms with Gasteiger partial charge in [-0.3, -0.25) is 0 Å². The minimum Gasteiger partial charge on any atom is -0.374 e. The predicted molar refractivity (Wildman–Crippen MR) is 127 cm³/mol. The highest BCUT2D eigenvalue weighted by atomic mass is 14.9. The van der Waals surface area contributed by atoms with E-state index in [1.807, 2.05) is 0 Å². The van der Waals surface area contributed by atoms with Gasteiger partial charge in [0.15, 0.2) is 0 Å².